The monoisotopic (exact) mass is 549 g/mol. The summed E-state index contributed by atoms with van der Waals surface area (Å²) in [7, 11) is 0. The minimum atomic E-state index is -2.53. The van der Waals surface area contributed by atoms with Crippen molar-refractivity contribution in [1.29, 1.82) is 0 Å². The van der Waals surface area contributed by atoms with Gasteiger partial charge in [0.15, 0.2) is 0 Å². The summed E-state index contributed by atoms with van der Waals surface area (Å²) in [6, 6.07) is 0. The second kappa shape index (κ2) is 13.5. The molecule has 20 heteroatoms. The molecule has 3 rings (SSSR count). The van der Waals surface area contributed by atoms with Gasteiger partial charge in [0.1, 0.15) is 0 Å². The Balaban J connectivity index is 0.000000368. The summed E-state index contributed by atoms with van der Waals surface area (Å²) >= 11 is 0. The van der Waals surface area contributed by atoms with Crippen molar-refractivity contribution in [3.05, 3.63) is 0 Å². The second-order valence-corrected chi connectivity index (χ2v) is 7.07. The molecule has 38 heavy (non-hydrogen) atoms. The Bertz CT molecular complexity index is 956. The number of nitrogens with zero attached hydrogens (tertiary/aromatic N) is 3. The molecule has 0 saturated carbocycles. The van der Waals surface area contributed by atoms with Crippen LogP contribution in [-0.4, -0.2) is 112 Å². The van der Waals surface area contributed by atoms with Crippen LogP contribution in [0.25, 0.3) is 0 Å². The van der Waals surface area contributed by atoms with E-state index in [1.807, 2.05) is 0 Å². The summed E-state index contributed by atoms with van der Waals surface area (Å²) in [4.78, 5) is 116. The fraction of sp³-hybridized carbons (Fsp3) is 0.444. The number of hydroxylamine groups is 6. The molecule has 208 valence electrons. The van der Waals surface area contributed by atoms with E-state index in [2.05, 4.69) is 9.68 Å². The highest BCUT2D eigenvalue weighted by Crippen LogP contribution is 2.15. The standard InChI is InChI=1S/C11H10N2O9.C4H5NO3.C3H4O5/c14-5-1-2-6(15)12(5)21-10(19)9(18)11(20)22-13-7(16)3-4-8(13)17;6-3-1-2-4(7)5(3)8;4-1(2(5)6)3(7)8/h9,18H,1-4H2;8H,1-2H2;1,4H,(H,5,6)(H,7,8). The predicted octanol–water partition coefficient (Wildman–Crippen LogP) is -4.40. The molecular weight excluding hydrogens is 530 g/mol. The van der Waals surface area contributed by atoms with Gasteiger partial charge in [-0.25, -0.2) is 19.2 Å². The minimum Gasteiger partial charge on any atom is -0.479 e. The van der Waals surface area contributed by atoms with Gasteiger partial charge in [-0.2, -0.15) is 5.06 Å². The van der Waals surface area contributed by atoms with E-state index in [0.717, 1.165) is 0 Å². The zero-order valence-electron chi connectivity index (χ0n) is 18.9. The first-order valence-electron chi connectivity index (χ1n) is 10.1. The number of amides is 6. The lowest BCUT2D eigenvalue weighted by Crippen LogP contribution is -2.43. The number of hydrogen-bond donors (Lipinski definition) is 5. The van der Waals surface area contributed by atoms with Crippen LogP contribution in [0.3, 0.4) is 0 Å². The Morgan fingerprint density at radius 3 is 1.00 bits per heavy atom. The molecule has 3 aliphatic heterocycles. The number of carboxylic acid groups (broad SMARTS) is 2. The summed E-state index contributed by atoms with van der Waals surface area (Å²) in [5.41, 5.74) is 0. The van der Waals surface area contributed by atoms with Crippen molar-refractivity contribution in [3.63, 3.8) is 0 Å². The molecule has 0 unspecified atom stereocenters. The number of carboxylic acids is 2. The lowest BCUT2D eigenvalue weighted by atomic mass is 10.4. The Kier molecular flexibility index (Phi) is 11.1. The van der Waals surface area contributed by atoms with Gasteiger partial charge < -0.3 is 30.1 Å². The molecule has 6 amide bonds. The van der Waals surface area contributed by atoms with Gasteiger partial charge in [-0.3, -0.25) is 34.0 Å². The lowest BCUT2D eigenvalue weighted by molar-refractivity contribution is -0.215. The highest BCUT2D eigenvalue weighted by molar-refractivity contribution is 6.05. The molecule has 0 aromatic heterocycles. The van der Waals surface area contributed by atoms with Gasteiger partial charge >= 0.3 is 23.9 Å². The topological polar surface area (TPSA) is 300 Å². The van der Waals surface area contributed by atoms with Gasteiger partial charge in [0, 0.05) is 38.5 Å². The zero-order valence-corrected chi connectivity index (χ0v) is 18.9. The second-order valence-electron chi connectivity index (χ2n) is 7.07. The quantitative estimate of drug-likeness (QED) is 0.119. The average molecular weight is 549 g/mol. The third-order valence-corrected chi connectivity index (χ3v) is 4.31. The van der Waals surface area contributed by atoms with Crippen LogP contribution in [0.1, 0.15) is 38.5 Å². The number of aliphatic hydroxyl groups is 2. The van der Waals surface area contributed by atoms with Crippen LogP contribution in [0.2, 0.25) is 0 Å². The Labute approximate surface area is 209 Å². The van der Waals surface area contributed by atoms with Crippen molar-refractivity contribution < 1.29 is 83.3 Å². The zero-order chi connectivity index (χ0) is 29.3. The molecule has 5 N–H and O–H groups in total. The fourth-order valence-electron chi connectivity index (χ4n) is 2.36. The SMILES string of the molecule is O=C(O)C(O)C(=O)O.O=C(ON1C(=O)CCC1=O)C(O)C(=O)ON1C(=O)CCC1=O.O=C1CCC(=O)N1O. The molecule has 0 spiro atoms. The first-order chi connectivity index (χ1) is 17.6. The summed E-state index contributed by atoms with van der Waals surface area (Å²) in [6.07, 6.45) is -5.18. The van der Waals surface area contributed by atoms with Crippen molar-refractivity contribution in [2.24, 2.45) is 0 Å². The Hall–Kier alpha value is -4.82. The first-order valence-corrected chi connectivity index (χ1v) is 10.1. The highest BCUT2D eigenvalue weighted by Gasteiger charge is 2.40. The molecule has 3 aliphatic rings. The van der Waals surface area contributed by atoms with Gasteiger partial charge in [-0.05, 0) is 0 Å². The number of carbonyl (C=O) groups excluding carboxylic acids is 8. The van der Waals surface area contributed by atoms with E-state index < -0.39 is 71.5 Å². The van der Waals surface area contributed by atoms with Crippen LogP contribution in [0.4, 0.5) is 0 Å². The van der Waals surface area contributed by atoms with Crippen molar-refractivity contribution in [2.75, 3.05) is 0 Å². The number of aliphatic hydroxyl groups excluding tert-OH is 2. The van der Waals surface area contributed by atoms with E-state index in [1.54, 1.807) is 0 Å². The third-order valence-electron chi connectivity index (χ3n) is 4.31. The number of carbonyl (C=O) groups is 10. The van der Waals surface area contributed by atoms with Gasteiger partial charge in [0.05, 0.1) is 0 Å². The molecule has 0 aliphatic carbocycles. The molecule has 0 aromatic rings. The number of aliphatic carboxylic acids is 2. The Morgan fingerprint density at radius 1 is 0.553 bits per heavy atom. The van der Waals surface area contributed by atoms with Gasteiger partial charge in [-0.15, -0.1) is 10.1 Å². The summed E-state index contributed by atoms with van der Waals surface area (Å²) in [5, 5.41) is 41.7. The molecule has 0 aromatic carbocycles. The van der Waals surface area contributed by atoms with Crippen LogP contribution in [0.15, 0.2) is 0 Å². The van der Waals surface area contributed by atoms with Crippen molar-refractivity contribution in [1.82, 2.24) is 15.2 Å². The van der Waals surface area contributed by atoms with Crippen molar-refractivity contribution in [3.8, 4) is 0 Å². The van der Waals surface area contributed by atoms with Gasteiger partial charge in [0.25, 0.3) is 41.5 Å². The third kappa shape index (κ3) is 8.39. The maximum Gasteiger partial charge on any atom is 0.373 e. The summed E-state index contributed by atoms with van der Waals surface area (Å²) < 4.78 is 0. The highest BCUT2D eigenvalue weighted by atomic mass is 16.7. The molecule has 0 bridgehead atoms. The molecule has 0 atom stereocenters. The van der Waals surface area contributed by atoms with E-state index in [4.69, 9.17) is 20.5 Å². The minimum absolute atomic E-state index is 0.130. The molecule has 3 saturated heterocycles. The van der Waals surface area contributed by atoms with E-state index in [-0.39, 0.29) is 53.7 Å². The number of imide groups is 3. The molecule has 3 fully saturated rings. The van der Waals surface area contributed by atoms with Crippen LogP contribution in [0.5, 0.6) is 0 Å². The first kappa shape index (κ1) is 31.2. The molecular formula is C18H19N3O17. The summed E-state index contributed by atoms with van der Waals surface area (Å²) in [6.45, 7) is 0. The molecule has 0 radical (unpaired) electrons. The molecule has 20 nitrogen and oxygen atoms in total. The van der Waals surface area contributed by atoms with E-state index in [0.29, 0.717) is 0 Å². The van der Waals surface area contributed by atoms with E-state index in [1.165, 1.54) is 0 Å². The van der Waals surface area contributed by atoms with Crippen LogP contribution in [0, 0.1) is 0 Å². The van der Waals surface area contributed by atoms with E-state index in [9.17, 15) is 53.1 Å². The average Bonchev–Trinajstić information content (AvgIpc) is 3.46. The van der Waals surface area contributed by atoms with Crippen molar-refractivity contribution in [2.45, 2.75) is 50.7 Å². The predicted molar refractivity (Wildman–Crippen MR) is 105 cm³/mol. The smallest absolute Gasteiger partial charge is 0.373 e. The summed E-state index contributed by atoms with van der Waals surface area (Å²) in [5.74, 6) is -11.0. The molecule has 3 heterocycles. The van der Waals surface area contributed by atoms with Crippen LogP contribution >= 0.6 is 0 Å². The van der Waals surface area contributed by atoms with E-state index >= 15 is 0 Å². The largest absolute Gasteiger partial charge is 0.479 e. The Morgan fingerprint density at radius 2 is 0.816 bits per heavy atom. The number of rotatable bonds is 6. The van der Waals surface area contributed by atoms with Crippen LogP contribution in [-0.2, 0) is 57.6 Å². The van der Waals surface area contributed by atoms with Crippen LogP contribution < -0.4 is 0 Å². The number of hydrogen-bond acceptors (Lipinski definition) is 15. The maximum atomic E-state index is 11.5. The maximum absolute atomic E-state index is 11.5. The fourth-order valence-corrected chi connectivity index (χ4v) is 2.36. The van der Waals surface area contributed by atoms with Crippen molar-refractivity contribution >= 4 is 59.3 Å². The van der Waals surface area contributed by atoms with Gasteiger partial charge in [-0.1, -0.05) is 0 Å². The normalized spacial score (nSPS) is 16.9. The van der Waals surface area contributed by atoms with Gasteiger partial charge in [0.2, 0.25) is 6.10 Å². The lowest BCUT2D eigenvalue weighted by Gasteiger charge is -2.17.